The van der Waals surface area contributed by atoms with Gasteiger partial charge in [0, 0.05) is 22.5 Å². The van der Waals surface area contributed by atoms with Crippen molar-refractivity contribution in [2.75, 3.05) is 4.90 Å². The van der Waals surface area contributed by atoms with Crippen molar-refractivity contribution in [2.24, 2.45) is 0 Å². The average Bonchev–Trinajstić information content (AvgIpc) is 3.46. The van der Waals surface area contributed by atoms with Crippen molar-refractivity contribution >= 4 is 38.6 Å². The van der Waals surface area contributed by atoms with Crippen LogP contribution in [0.2, 0.25) is 0 Å². The van der Waals surface area contributed by atoms with Crippen molar-refractivity contribution in [2.45, 2.75) is 19.3 Å². The van der Waals surface area contributed by atoms with Gasteiger partial charge in [-0.1, -0.05) is 166 Å². The molecule has 1 heteroatoms. The maximum atomic E-state index is 2.42. The number of fused-ring (bicyclic) bond motifs is 5. The third-order valence-corrected chi connectivity index (χ3v) is 11.5. The van der Waals surface area contributed by atoms with Crippen molar-refractivity contribution in [1.29, 1.82) is 0 Å². The molecule has 0 saturated heterocycles. The van der Waals surface area contributed by atoms with Crippen molar-refractivity contribution in [3.8, 4) is 44.5 Å². The predicted molar refractivity (Wildman–Crippen MR) is 230 cm³/mol. The molecule has 9 aromatic rings. The van der Waals surface area contributed by atoms with E-state index in [0.717, 1.165) is 17.1 Å². The van der Waals surface area contributed by atoms with Gasteiger partial charge in [0.15, 0.2) is 0 Å². The van der Waals surface area contributed by atoms with Gasteiger partial charge in [-0.2, -0.15) is 0 Å². The van der Waals surface area contributed by atoms with Gasteiger partial charge in [0.25, 0.3) is 0 Å². The van der Waals surface area contributed by atoms with Gasteiger partial charge in [0.2, 0.25) is 0 Å². The molecule has 0 N–H and O–H groups in total. The van der Waals surface area contributed by atoms with Crippen LogP contribution in [0.4, 0.5) is 17.1 Å². The number of nitrogens with zero attached hydrogens (tertiary/aromatic N) is 1. The molecule has 0 heterocycles. The maximum Gasteiger partial charge on any atom is 0.0465 e. The van der Waals surface area contributed by atoms with Crippen LogP contribution in [0.15, 0.2) is 200 Å². The van der Waals surface area contributed by atoms with Crippen LogP contribution in [0.25, 0.3) is 66.1 Å². The van der Waals surface area contributed by atoms with E-state index in [1.54, 1.807) is 0 Å². The lowest BCUT2D eigenvalue weighted by Crippen LogP contribution is -2.16. The van der Waals surface area contributed by atoms with Gasteiger partial charge in [-0.3, -0.25) is 0 Å². The Labute approximate surface area is 317 Å². The molecule has 0 saturated carbocycles. The minimum Gasteiger partial charge on any atom is -0.310 e. The molecule has 0 atom stereocenters. The lowest BCUT2D eigenvalue weighted by atomic mass is 9.82. The molecule has 1 aliphatic rings. The van der Waals surface area contributed by atoms with Gasteiger partial charge in [-0.05, 0) is 126 Å². The molecule has 256 valence electrons. The third kappa shape index (κ3) is 5.32. The highest BCUT2D eigenvalue weighted by Crippen LogP contribution is 2.51. The average molecular weight is 690 g/mol. The van der Waals surface area contributed by atoms with E-state index >= 15 is 0 Å². The first-order chi connectivity index (χ1) is 26.5. The predicted octanol–water partition coefficient (Wildman–Crippen LogP) is 14.8. The highest BCUT2D eigenvalue weighted by atomic mass is 15.1. The molecular weight excluding hydrogens is 651 g/mol. The van der Waals surface area contributed by atoms with E-state index < -0.39 is 0 Å². The van der Waals surface area contributed by atoms with E-state index in [4.69, 9.17) is 0 Å². The zero-order valence-electron chi connectivity index (χ0n) is 30.5. The van der Waals surface area contributed by atoms with Gasteiger partial charge in [0.05, 0.1) is 0 Å². The summed E-state index contributed by atoms with van der Waals surface area (Å²) in [5, 5.41) is 5.02. The minimum absolute atomic E-state index is 0.0967. The molecule has 0 radical (unpaired) electrons. The van der Waals surface area contributed by atoms with E-state index in [-0.39, 0.29) is 5.41 Å². The molecule has 1 aliphatic carbocycles. The summed E-state index contributed by atoms with van der Waals surface area (Å²) in [5.41, 5.74) is 16.0. The molecule has 0 fully saturated rings. The Bertz CT molecular complexity index is 2820. The van der Waals surface area contributed by atoms with Crippen molar-refractivity contribution in [1.82, 2.24) is 0 Å². The van der Waals surface area contributed by atoms with E-state index in [1.165, 1.54) is 77.2 Å². The quantitative estimate of drug-likeness (QED) is 0.168. The molecule has 10 rings (SSSR count). The molecule has 0 aromatic heterocycles. The van der Waals surface area contributed by atoms with Crippen LogP contribution >= 0.6 is 0 Å². The Balaban J connectivity index is 1.10. The molecule has 9 aromatic carbocycles. The highest BCUT2D eigenvalue weighted by Gasteiger charge is 2.35. The van der Waals surface area contributed by atoms with Crippen LogP contribution in [0.3, 0.4) is 0 Å². The van der Waals surface area contributed by atoms with E-state index in [0.29, 0.717) is 0 Å². The molecule has 0 aliphatic heterocycles. The summed E-state index contributed by atoms with van der Waals surface area (Å²) in [6.07, 6.45) is 0. The lowest BCUT2D eigenvalue weighted by molar-refractivity contribution is 0.660. The standard InChI is InChI=1S/C53H39N/c1-53(2)51-22-11-10-20-48(51)49-32-31-44(35-52(49)53)54(42-27-23-38(24-28-42)46-21-12-17-37-15-6-8-18-45(37)46)43-29-25-39(26-30-43)50-34-41(36-13-4-3-5-14-36)33-40-16-7-9-19-47(40)50/h3-35H,1-2H3. The number of benzene rings is 9. The van der Waals surface area contributed by atoms with Crippen LogP contribution in [0, 0.1) is 0 Å². The van der Waals surface area contributed by atoms with Gasteiger partial charge < -0.3 is 4.90 Å². The summed E-state index contributed by atoms with van der Waals surface area (Å²) in [6.45, 7) is 4.71. The topological polar surface area (TPSA) is 3.24 Å². The minimum atomic E-state index is -0.0967. The Morgan fingerprint density at radius 3 is 1.59 bits per heavy atom. The fraction of sp³-hybridized carbons (Fsp3) is 0.0566. The van der Waals surface area contributed by atoms with Crippen LogP contribution in [-0.2, 0) is 5.41 Å². The summed E-state index contributed by atoms with van der Waals surface area (Å²) in [5.74, 6) is 0. The first-order valence-electron chi connectivity index (χ1n) is 18.8. The number of rotatable bonds is 6. The second kappa shape index (κ2) is 12.8. The number of hydrogen-bond donors (Lipinski definition) is 0. The first-order valence-corrected chi connectivity index (χ1v) is 18.8. The highest BCUT2D eigenvalue weighted by molar-refractivity contribution is 6.01. The van der Waals surface area contributed by atoms with Gasteiger partial charge in [-0.25, -0.2) is 0 Å². The zero-order valence-corrected chi connectivity index (χ0v) is 30.5. The van der Waals surface area contributed by atoms with E-state index in [9.17, 15) is 0 Å². The van der Waals surface area contributed by atoms with E-state index in [1.807, 2.05) is 0 Å². The summed E-state index contributed by atoms with van der Waals surface area (Å²) in [7, 11) is 0. The monoisotopic (exact) mass is 689 g/mol. The largest absolute Gasteiger partial charge is 0.310 e. The molecular formula is C53H39N. The van der Waals surface area contributed by atoms with Gasteiger partial charge in [0.1, 0.15) is 0 Å². The van der Waals surface area contributed by atoms with Crippen LogP contribution in [0.1, 0.15) is 25.0 Å². The Morgan fingerprint density at radius 1 is 0.315 bits per heavy atom. The van der Waals surface area contributed by atoms with Gasteiger partial charge in [-0.15, -0.1) is 0 Å². The Hall–Kier alpha value is -6.70. The molecule has 54 heavy (non-hydrogen) atoms. The van der Waals surface area contributed by atoms with Crippen molar-refractivity contribution < 1.29 is 0 Å². The number of anilines is 3. The number of hydrogen-bond acceptors (Lipinski definition) is 1. The Morgan fingerprint density at radius 2 is 0.852 bits per heavy atom. The fourth-order valence-corrected chi connectivity index (χ4v) is 8.68. The molecule has 0 amide bonds. The Kier molecular flexibility index (Phi) is 7.56. The smallest absolute Gasteiger partial charge is 0.0465 e. The van der Waals surface area contributed by atoms with E-state index in [2.05, 4.69) is 219 Å². The second-order valence-corrected chi connectivity index (χ2v) is 15.0. The van der Waals surface area contributed by atoms with Crippen molar-refractivity contribution in [3.63, 3.8) is 0 Å². The van der Waals surface area contributed by atoms with Crippen LogP contribution in [0.5, 0.6) is 0 Å². The lowest BCUT2D eigenvalue weighted by Gasteiger charge is -2.28. The summed E-state index contributed by atoms with van der Waals surface area (Å²) < 4.78 is 0. The normalized spacial score (nSPS) is 12.8. The molecule has 1 nitrogen and oxygen atoms in total. The van der Waals surface area contributed by atoms with Gasteiger partial charge >= 0.3 is 0 Å². The molecule has 0 bridgehead atoms. The summed E-state index contributed by atoms with van der Waals surface area (Å²) in [6, 6.07) is 73.4. The zero-order chi connectivity index (χ0) is 36.2. The molecule has 0 unspecified atom stereocenters. The second-order valence-electron chi connectivity index (χ2n) is 15.0. The van der Waals surface area contributed by atoms with Crippen LogP contribution < -0.4 is 4.90 Å². The maximum absolute atomic E-state index is 2.42. The van der Waals surface area contributed by atoms with Crippen molar-refractivity contribution in [3.05, 3.63) is 211 Å². The third-order valence-electron chi connectivity index (χ3n) is 11.5. The molecule has 0 spiro atoms. The first kappa shape index (κ1) is 32.0. The SMILES string of the molecule is CC1(C)c2ccccc2-c2ccc(N(c3ccc(-c4cccc5ccccc45)cc3)c3ccc(-c4cc(-c5ccccc5)cc5ccccc45)cc3)cc21. The summed E-state index contributed by atoms with van der Waals surface area (Å²) >= 11 is 0. The van der Waals surface area contributed by atoms with Crippen LogP contribution in [-0.4, -0.2) is 0 Å². The fourth-order valence-electron chi connectivity index (χ4n) is 8.68. The summed E-state index contributed by atoms with van der Waals surface area (Å²) in [4.78, 5) is 2.41.